The van der Waals surface area contributed by atoms with Gasteiger partial charge in [-0.15, -0.1) is 0 Å². The Balaban J connectivity index is 0. The zero-order valence-corrected chi connectivity index (χ0v) is 16.0. The van der Waals surface area contributed by atoms with Gasteiger partial charge in [0.2, 0.25) is 0 Å². The van der Waals surface area contributed by atoms with Crippen molar-refractivity contribution < 1.29 is 14.9 Å². The molecule has 0 aliphatic rings. The Morgan fingerprint density at radius 3 is 1.09 bits per heavy atom. The summed E-state index contributed by atoms with van der Waals surface area (Å²) in [5.74, 6) is 0. The molecule has 0 heterocycles. The van der Waals surface area contributed by atoms with Crippen molar-refractivity contribution in [3.8, 4) is 0 Å². The smallest absolute Gasteiger partial charge is 0.0662 e. The third kappa shape index (κ3) is 30.3. The summed E-state index contributed by atoms with van der Waals surface area (Å²) in [6.07, 6.45) is 19.3. The Kier molecular flexibility index (Phi) is 29.2. The standard InChI is InChI=1S/C18H38O.C2H6O2/c1-3-5-7-9-11-13-15-17-19-18-16-14-12-10-8-6-4-2;3-1-2-4/h3-18H2,1-2H3;3-4H,1-2H2. The van der Waals surface area contributed by atoms with E-state index in [1.165, 1.54) is 89.9 Å². The highest BCUT2D eigenvalue weighted by molar-refractivity contribution is 4.46. The molecule has 0 atom stereocenters. The van der Waals surface area contributed by atoms with E-state index in [2.05, 4.69) is 13.8 Å². The monoisotopic (exact) mass is 332 g/mol. The first-order valence-electron chi connectivity index (χ1n) is 10.1. The number of hydrogen-bond acceptors (Lipinski definition) is 3. The molecule has 0 aromatic carbocycles. The molecule has 0 aromatic rings. The first kappa shape index (κ1) is 25.1. The maximum absolute atomic E-state index is 7.62. The molecule has 0 fully saturated rings. The first-order chi connectivity index (χ1) is 11.3. The van der Waals surface area contributed by atoms with E-state index in [1.54, 1.807) is 0 Å². The molecule has 0 saturated carbocycles. The molecule has 3 heteroatoms. The predicted octanol–water partition coefficient (Wildman–Crippen LogP) is 5.48. The largest absolute Gasteiger partial charge is 0.394 e. The second-order valence-electron chi connectivity index (χ2n) is 6.30. The third-order valence-electron chi connectivity index (χ3n) is 3.88. The van der Waals surface area contributed by atoms with E-state index in [9.17, 15) is 0 Å². The van der Waals surface area contributed by atoms with Crippen molar-refractivity contribution in [1.82, 2.24) is 0 Å². The molecule has 0 aliphatic carbocycles. The second kappa shape index (κ2) is 26.8. The van der Waals surface area contributed by atoms with Crippen molar-refractivity contribution in [2.75, 3.05) is 26.4 Å². The fraction of sp³-hybridized carbons (Fsp3) is 1.00. The van der Waals surface area contributed by atoms with E-state index in [0.717, 1.165) is 13.2 Å². The highest BCUT2D eigenvalue weighted by atomic mass is 16.5. The minimum atomic E-state index is -0.125. The van der Waals surface area contributed by atoms with Crippen molar-refractivity contribution in [3.05, 3.63) is 0 Å². The molecular weight excluding hydrogens is 288 g/mol. The van der Waals surface area contributed by atoms with Gasteiger partial charge in [0.05, 0.1) is 13.2 Å². The number of rotatable bonds is 17. The minimum Gasteiger partial charge on any atom is -0.394 e. The van der Waals surface area contributed by atoms with Crippen molar-refractivity contribution >= 4 is 0 Å². The van der Waals surface area contributed by atoms with Gasteiger partial charge < -0.3 is 14.9 Å². The Labute approximate surface area is 145 Å². The zero-order valence-electron chi connectivity index (χ0n) is 16.0. The Hall–Kier alpha value is -0.120. The van der Waals surface area contributed by atoms with Gasteiger partial charge in [-0.05, 0) is 12.8 Å². The Bertz CT molecular complexity index is 156. The van der Waals surface area contributed by atoms with Crippen LogP contribution in [0.15, 0.2) is 0 Å². The van der Waals surface area contributed by atoms with Crippen LogP contribution in [0, 0.1) is 0 Å². The number of aliphatic hydroxyl groups excluding tert-OH is 2. The third-order valence-corrected chi connectivity index (χ3v) is 3.88. The fourth-order valence-electron chi connectivity index (χ4n) is 2.42. The van der Waals surface area contributed by atoms with Crippen LogP contribution in [0.3, 0.4) is 0 Å². The van der Waals surface area contributed by atoms with Crippen LogP contribution in [0.4, 0.5) is 0 Å². The first-order valence-corrected chi connectivity index (χ1v) is 10.1. The van der Waals surface area contributed by atoms with Crippen LogP contribution in [0.5, 0.6) is 0 Å². The fourth-order valence-corrected chi connectivity index (χ4v) is 2.42. The average molecular weight is 333 g/mol. The summed E-state index contributed by atoms with van der Waals surface area (Å²) < 4.78 is 5.69. The molecule has 23 heavy (non-hydrogen) atoms. The summed E-state index contributed by atoms with van der Waals surface area (Å²) in [6.45, 7) is 6.28. The lowest BCUT2D eigenvalue weighted by Crippen LogP contribution is -1.97. The van der Waals surface area contributed by atoms with Gasteiger partial charge in [-0.3, -0.25) is 0 Å². The van der Waals surface area contributed by atoms with Crippen LogP contribution in [-0.4, -0.2) is 36.6 Å². The number of ether oxygens (including phenoxy) is 1. The summed E-state index contributed by atoms with van der Waals surface area (Å²) in [5, 5.41) is 15.2. The lowest BCUT2D eigenvalue weighted by Gasteiger charge is -2.04. The van der Waals surface area contributed by atoms with Crippen LogP contribution in [0.1, 0.15) is 104 Å². The quantitative estimate of drug-likeness (QED) is 0.347. The van der Waals surface area contributed by atoms with E-state index in [4.69, 9.17) is 14.9 Å². The lowest BCUT2D eigenvalue weighted by atomic mass is 10.1. The SMILES string of the molecule is CCCCCCCCCOCCCCCCCCC.OCCO. The molecule has 0 unspecified atom stereocenters. The topological polar surface area (TPSA) is 49.7 Å². The highest BCUT2D eigenvalue weighted by Crippen LogP contribution is 2.08. The average Bonchev–Trinajstić information content (AvgIpc) is 2.58. The van der Waals surface area contributed by atoms with Crippen molar-refractivity contribution in [1.29, 1.82) is 0 Å². The summed E-state index contributed by atoms with van der Waals surface area (Å²) in [5.41, 5.74) is 0. The summed E-state index contributed by atoms with van der Waals surface area (Å²) >= 11 is 0. The van der Waals surface area contributed by atoms with E-state index >= 15 is 0 Å². The molecule has 0 bridgehead atoms. The molecule has 142 valence electrons. The van der Waals surface area contributed by atoms with Crippen molar-refractivity contribution in [2.24, 2.45) is 0 Å². The van der Waals surface area contributed by atoms with Gasteiger partial charge in [0, 0.05) is 13.2 Å². The zero-order chi connectivity index (χ0) is 17.4. The minimum absolute atomic E-state index is 0.125. The number of unbranched alkanes of at least 4 members (excludes halogenated alkanes) is 12. The summed E-state index contributed by atoms with van der Waals surface area (Å²) in [7, 11) is 0. The van der Waals surface area contributed by atoms with Crippen LogP contribution in [0.2, 0.25) is 0 Å². The maximum Gasteiger partial charge on any atom is 0.0662 e. The molecule has 0 radical (unpaired) electrons. The van der Waals surface area contributed by atoms with Gasteiger partial charge in [0.25, 0.3) is 0 Å². The Morgan fingerprint density at radius 2 is 0.783 bits per heavy atom. The summed E-state index contributed by atoms with van der Waals surface area (Å²) in [4.78, 5) is 0. The normalized spacial score (nSPS) is 10.4. The van der Waals surface area contributed by atoms with Crippen LogP contribution >= 0.6 is 0 Å². The van der Waals surface area contributed by atoms with Crippen LogP contribution in [-0.2, 0) is 4.74 Å². The highest BCUT2D eigenvalue weighted by Gasteiger charge is 1.93. The van der Waals surface area contributed by atoms with Gasteiger partial charge in [0.1, 0.15) is 0 Å². The molecule has 3 nitrogen and oxygen atoms in total. The predicted molar refractivity (Wildman–Crippen MR) is 101 cm³/mol. The van der Waals surface area contributed by atoms with Crippen LogP contribution in [0.25, 0.3) is 0 Å². The number of hydrogen-bond donors (Lipinski definition) is 2. The van der Waals surface area contributed by atoms with Gasteiger partial charge in [0.15, 0.2) is 0 Å². The molecular formula is C20H44O3. The molecule has 2 N–H and O–H groups in total. The number of aliphatic hydroxyl groups is 2. The molecule has 0 aromatic heterocycles. The molecule has 0 aliphatic heterocycles. The maximum atomic E-state index is 7.62. The van der Waals surface area contributed by atoms with E-state index < -0.39 is 0 Å². The van der Waals surface area contributed by atoms with Crippen LogP contribution < -0.4 is 0 Å². The van der Waals surface area contributed by atoms with Gasteiger partial charge in [-0.1, -0.05) is 90.9 Å². The Morgan fingerprint density at radius 1 is 0.478 bits per heavy atom. The van der Waals surface area contributed by atoms with Gasteiger partial charge >= 0.3 is 0 Å². The van der Waals surface area contributed by atoms with Crippen molar-refractivity contribution in [3.63, 3.8) is 0 Å². The lowest BCUT2D eigenvalue weighted by molar-refractivity contribution is 0.125. The summed E-state index contributed by atoms with van der Waals surface area (Å²) in [6, 6.07) is 0. The van der Waals surface area contributed by atoms with Crippen molar-refractivity contribution in [2.45, 2.75) is 104 Å². The van der Waals surface area contributed by atoms with Gasteiger partial charge in [-0.25, -0.2) is 0 Å². The molecule has 0 rings (SSSR count). The van der Waals surface area contributed by atoms with Gasteiger partial charge in [-0.2, -0.15) is 0 Å². The van der Waals surface area contributed by atoms with E-state index in [-0.39, 0.29) is 13.2 Å². The second-order valence-corrected chi connectivity index (χ2v) is 6.30. The van der Waals surface area contributed by atoms with E-state index in [0.29, 0.717) is 0 Å². The molecule has 0 spiro atoms. The molecule has 0 saturated heterocycles. The van der Waals surface area contributed by atoms with E-state index in [1.807, 2.05) is 0 Å². The molecule has 0 amide bonds.